The van der Waals surface area contributed by atoms with Crippen LogP contribution in [0.1, 0.15) is 22.0 Å². The number of hydrogen-bond acceptors (Lipinski definition) is 3. The quantitative estimate of drug-likeness (QED) is 0.830. The predicted octanol–water partition coefficient (Wildman–Crippen LogP) is 1.90. The number of carboxylic acids is 1. The normalized spacial score (nSPS) is 20.7. The molecule has 1 unspecified atom stereocenters. The topological polar surface area (TPSA) is 49.3 Å². The highest BCUT2D eigenvalue weighted by atomic mass is 32.2. The van der Waals surface area contributed by atoms with Crippen LogP contribution in [0.2, 0.25) is 0 Å². The maximum Gasteiger partial charge on any atom is 0.338 e. The van der Waals surface area contributed by atoms with Crippen LogP contribution >= 0.6 is 11.8 Å². The van der Waals surface area contributed by atoms with Crippen molar-refractivity contribution in [3.63, 3.8) is 0 Å². The Balaban J connectivity index is 2.33. The van der Waals surface area contributed by atoms with E-state index in [1.54, 1.807) is 23.9 Å². The minimum atomic E-state index is -1.22. The molecule has 0 aliphatic carbocycles. The molecule has 2 N–H and O–H groups in total. The first kappa shape index (κ1) is 11.4. The second-order valence-electron chi connectivity index (χ2n) is 3.60. The van der Waals surface area contributed by atoms with E-state index in [1.165, 1.54) is 6.07 Å². The van der Waals surface area contributed by atoms with Crippen molar-refractivity contribution >= 4 is 17.7 Å². The van der Waals surface area contributed by atoms with Gasteiger partial charge in [0.05, 0.1) is 5.56 Å². The summed E-state index contributed by atoms with van der Waals surface area (Å²) in [6, 6.07) is 4.43. The number of hydrogen-bond donors (Lipinski definition) is 2. The fourth-order valence-corrected chi connectivity index (χ4v) is 2.71. The third-order valence-corrected chi connectivity index (χ3v) is 3.62. The summed E-state index contributed by atoms with van der Waals surface area (Å²) >= 11 is 1.74. The minimum absolute atomic E-state index is 0.0851. The lowest BCUT2D eigenvalue weighted by Crippen LogP contribution is -2.31. The van der Waals surface area contributed by atoms with Gasteiger partial charge in [0, 0.05) is 29.7 Å². The molecule has 0 amide bonds. The van der Waals surface area contributed by atoms with E-state index in [4.69, 9.17) is 5.11 Å². The van der Waals surface area contributed by atoms with E-state index in [0.29, 0.717) is 5.56 Å². The Bertz CT molecular complexity index is 405. The second-order valence-corrected chi connectivity index (χ2v) is 4.75. The Morgan fingerprint density at radius 1 is 1.56 bits per heavy atom. The molecular formula is C11H12FNO2S. The molecule has 0 bridgehead atoms. The summed E-state index contributed by atoms with van der Waals surface area (Å²) < 4.78 is 13.9. The average Bonchev–Trinajstić information content (AvgIpc) is 2.30. The van der Waals surface area contributed by atoms with Crippen LogP contribution in [-0.2, 0) is 0 Å². The van der Waals surface area contributed by atoms with E-state index in [1.807, 2.05) is 0 Å². The van der Waals surface area contributed by atoms with Gasteiger partial charge < -0.3 is 10.4 Å². The molecule has 1 aliphatic heterocycles. The second kappa shape index (κ2) is 4.84. The highest BCUT2D eigenvalue weighted by Crippen LogP contribution is 2.25. The molecule has 1 aliphatic rings. The monoisotopic (exact) mass is 241 g/mol. The van der Waals surface area contributed by atoms with Crippen molar-refractivity contribution in [3.05, 3.63) is 35.1 Å². The Morgan fingerprint density at radius 2 is 2.38 bits per heavy atom. The Kier molecular flexibility index (Phi) is 3.46. The van der Waals surface area contributed by atoms with Crippen molar-refractivity contribution in [2.45, 2.75) is 6.04 Å². The van der Waals surface area contributed by atoms with Gasteiger partial charge in [-0.15, -0.1) is 0 Å². The molecular weight excluding hydrogens is 229 g/mol. The first-order valence-corrected chi connectivity index (χ1v) is 6.18. The number of nitrogens with one attached hydrogen (secondary N) is 1. The van der Waals surface area contributed by atoms with Gasteiger partial charge in [-0.05, 0) is 6.07 Å². The molecule has 2 rings (SSSR count). The molecule has 1 aromatic carbocycles. The van der Waals surface area contributed by atoms with Gasteiger partial charge in [-0.3, -0.25) is 0 Å². The van der Waals surface area contributed by atoms with Gasteiger partial charge in [-0.1, -0.05) is 12.1 Å². The highest BCUT2D eigenvalue weighted by Gasteiger charge is 2.21. The number of halogens is 1. The molecule has 1 heterocycles. The molecule has 86 valence electrons. The molecule has 16 heavy (non-hydrogen) atoms. The highest BCUT2D eigenvalue weighted by molar-refractivity contribution is 7.99. The molecule has 3 nitrogen and oxygen atoms in total. The molecule has 0 aromatic heterocycles. The van der Waals surface area contributed by atoms with Gasteiger partial charge in [0.15, 0.2) is 0 Å². The maximum atomic E-state index is 13.9. The van der Waals surface area contributed by atoms with Crippen molar-refractivity contribution in [1.29, 1.82) is 0 Å². The van der Waals surface area contributed by atoms with Crippen LogP contribution in [-0.4, -0.2) is 29.1 Å². The fraction of sp³-hybridized carbons (Fsp3) is 0.364. The van der Waals surface area contributed by atoms with Crippen LogP contribution in [0, 0.1) is 5.82 Å². The lowest BCUT2D eigenvalue weighted by Gasteiger charge is -2.24. The standard InChI is InChI=1S/C11H12FNO2S/c12-10-7(9-6-16-5-4-13-9)2-1-3-8(10)11(14)15/h1-3,9,13H,4-6H2,(H,14,15). The maximum absolute atomic E-state index is 13.9. The lowest BCUT2D eigenvalue weighted by atomic mass is 10.0. The lowest BCUT2D eigenvalue weighted by molar-refractivity contribution is 0.0691. The zero-order valence-electron chi connectivity index (χ0n) is 8.57. The van der Waals surface area contributed by atoms with Gasteiger partial charge in [0.25, 0.3) is 0 Å². The molecule has 0 spiro atoms. The van der Waals surface area contributed by atoms with E-state index in [-0.39, 0.29) is 11.6 Å². The van der Waals surface area contributed by atoms with E-state index in [0.717, 1.165) is 18.1 Å². The largest absolute Gasteiger partial charge is 0.478 e. The number of carboxylic acid groups (broad SMARTS) is 1. The van der Waals surface area contributed by atoms with E-state index < -0.39 is 11.8 Å². The summed E-state index contributed by atoms with van der Waals surface area (Å²) in [7, 11) is 0. The molecule has 0 saturated carbocycles. The summed E-state index contributed by atoms with van der Waals surface area (Å²) in [4.78, 5) is 10.8. The van der Waals surface area contributed by atoms with Crippen molar-refractivity contribution in [3.8, 4) is 0 Å². The van der Waals surface area contributed by atoms with Gasteiger partial charge in [0.2, 0.25) is 0 Å². The number of aromatic carboxylic acids is 1. The number of benzene rings is 1. The SMILES string of the molecule is O=C(O)c1cccc(C2CSCCN2)c1F. The zero-order valence-corrected chi connectivity index (χ0v) is 9.39. The van der Waals surface area contributed by atoms with Gasteiger partial charge in [0.1, 0.15) is 5.82 Å². The Hall–Kier alpha value is -1.07. The Labute approximate surface area is 97.0 Å². The summed E-state index contributed by atoms with van der Waals surface area (Å²) in [5.41, 5.74) is 0.196. The van der Waals surface area contributed by atoms with Crippen molar-refractivity contribution in [1.82, 2.24) is 5.32 Å². The van der Waals surface area contributed by atoms with Crippen LogP contribution in [0.3, 0.4) is 0 Å². The van der Waals surface area contributed by atoms with E-state index >= 15 is 0 Å². The van der Waals surface area contributed by atoms with Gasteiger partial charge in [-0.25, -0.2) is 9.18 Å². The first-order valence-electron chi connectivity index (χ1n) is 5.03. The van der Waals surface area contributed by atoms with Crippen LogP contribution in [0.4, 0.5) is 4.39 Å². The first-order chi connectivity index (χ1) is 7.70. The van der Waals surface area contributed by atoms with Crippen LogP contribution in [0.25, 0.3) is 0 Å². The molecule has 1 atom stereocenters. The average molecular weight is 241 g/mol. The summed E-state index contributed by atoms with van der Waals surface area (Å²) in [6.07, 6.45) is 0. The minimum Gasteiger partial charge on any atom is -0.478 e. The number of carbonyl (C=O) groups is 1. The molecule has 0 radical (unpaired) electrons. The zero-order chi connectivity index (χ0) is 11.5. The van der Waals surface area contributed by atoms with E-state index in [2.05, 4.69) is 5.32 Å². The molecule has 1 saturated heterocycles. The van der Waals surface area contributed by atoms with Crippen LogP contribution < -0.4 is 5.32 Å². The molecule has 1 fully saturated rings. The Morgan fingerprint density at radius 3 is 3.00 bits per heavy atom. The predicted molar refractivity (Wildman–Crippen MR) is 61.4 cm³/mol. The summed E-state index contributed by atoms with van der Waals surface area (Å²) in [5, 5.41) is 12.0. The van der Waals surface area contributed by atoms with Crippen molar-refractivity contribution in [2.75, 3.05) is 18.1 Å². The summed E-state index contributed by atoms with van der Waals surface area (Å²) in [6.45, 7) is 0.825. The third kappa shape index (κ3) is 2.20. The molecule has 5 heteroatoms. The van der Waals surface area contributed by atoms with Crippen LogP contribution in [0.15, 0.2) is 18.2 Å². The summed E-state index contributed by atoms with van der Waals surface area (Å²) in [5.74, 6) is -0.0469. The smallest absolute Gasteiger partial charge is 0.338 e. The van der Waals surface area contributed by atoms with E-state index in [9.17, 15) is 9.18 Å². The van der Waals surface area contributed by atoms with Gasteiger partial charge in [-0.2, -0.15) is 11.8 Å². The van der Waals surface area contributed by atoms with Crippen molar-refractivity contribution < 1.29 is 14.3 Å². The van der Waals surface area contributed by atoms with Crippen molar-refractivity contribution in [2.24, 2.45) is 0 Å². The molecule has 1 aromatic rings. The number of thioether (sulfide) groups is 1. The van der Waals surface area contributed by atoms with Crippen LogP contribution in [0.5, 0.6) is 0 Å². The fourth-order valence-electron chi connectivity index (χ4n) is 1.75. The number of rotatable bonds is 2. The third-order valence-electron chi connectivity index (χ3n) is 2.56. The van der Waals surface area contributed by atoms with Gasteiger partial charge >= 0.3 is 5.97 Å².